The van der Waals surface area contributed by atoms with Crippen LogP contribution in [0.2, 0.25) is 5.02 Å². The number of benzene rings is 2. The second-order valence-corrected chi connectivity index (χ2v) is 6.16. The highest BCUT2D eigenvalue weighted by atomic mass is 35.5. The summed E-state index contributed by atoms with van der Waals surface area (Å²) in [7, 11) is 1.53. The molecule has 1 amide bonds. The zero-order chi connectivity index (χ0) is 18.8. The average molecular weight is 380 g/mol. The van der Waals surface area contributed by atoms with Crippen molar-refractivity contribution in [3.63, 3.8) is 0 Å². The van der Waals surface area contributed by atoms with Gasteiger partial charge in [0.25, 0.3) is 5.91 Å². The first-order valence-electron chi connectivity index (χ1n) is 8.11. The monoisotopic (exact) mass is 379 g/mol. The number of halogens is 1. The number of rotatable bonds is 4. The molecule has 2 heterocycles. The SMILES string of the molecule is COc1ncccc1-c1nc2cc(C(=O)Nc3cccc(Cl)c3)ccc2o1. The maximum atomic E-state index is 12.5. The molecule has 0 aliphatic heterocycles. The summed E-state index contributed by atoms with van der Waals surface area (Å²) in [5.41, 5.74) is 2.85. The number of amides is 1. The van der Waals surface area contributed by atoms with E-state index in [9.17, 15) is 4.79 Å². The zero-order valence-electron chi connectivity index (χ0n) is 14.3. The fourth-order valence-corrected chi connectivity index (χ4v) is 2.86. The Balaban J connectivity index is 1.65. The minimum Gasteiger partial charge on any atom is -0.480 e. The number of oxazole rings is 1. The lowest BCUT2D eigenvalue weighted by Crippen LogP contribution is -2.11. The van der Waals surface area contributed by atoms with Gasteiger partial charge in [-0.3, -0.25) is 4.79 Å². The van der Waals surface area contributed by atoms with E-state index in [0.717, 1.165) is 0 Å². The van der Waals surface area contributed by atoms with Crippen molar-refractivity contribution in [1.82, 2.24) is 9.97 Å². The van der Waals surface area contributed by atoms with Crippen molar-refractivity contribution in [3.8, 4) is 17.3 Å². The molecule has 0 aliphatic rings. The smallest absolute Gasteiger partial charge is 0.255 e. The molecule has 4 aromatic rings. The van der Waals surface area contributed by atoms with E-state index in [1.807, 2.05) is 6.07 Å². The van der Waals surface area contributed by atoms with Crippen molar-refractivity contribution in [1.29, 1.82) is 0 Å². The lowest BCUT2D eigenvalue weighted by molar-refractivity contribution is 0.102. The third kappa shape index (κ3) is 3.47. The van der Waals surface area contributed by atoms with Crippen LogP contribution in [0.1, 0.15) is 10.4 Å². The van der Waals surface area contributed by atoms with Gasteiger partial charge in [0.05, 0.1) is 12.7 Å². The van der Waals surface area contributed by atoms with Gasteiger partial charge in [0.15, 0.2) is 5.58 Å². The van der Waals surface area contributed by atoms with Crippen molar-refractivity contribution < 1.29 is 13.9 Å². The second-order valence-electron chi connectivity index (χ2n) is 5.73. The number of hydrogen-bond donors (Lipinski definition) is 1. The first-order chi connectivity index (χ1) is 13.1. The Labute approximate surface area is 159 Å². The van der Waals surface area contributed by atoms with Gasteiger partial charge in [-0.1, -0.05) is 17.7 Å². The summed E-state index contributed by atoms with van der Waals surface area (Å²) < 4.78 is 11.0. The number of nitrogens with zero attached hydrogens (tertiary/aromatic N) is 2. The van der Waals surface area contributed by atoms with Crippen LogP contribution in [0, 0.1) is 0 Å². The number of nitrogens with one attached hydrogen (secondary N) is 1. The van der Waals surface area contributed by atoms with Crippen LogP contribution in [0.15, 0.2) is 65.2 Å². The van der Waals surface area contributed by atoms with E-state index in [4.69, 9.17) is 20.8 Å². The van der Waals surface area contributed by atoms with Crippen LogP contribution in [-0.2, 0) is 0 Å². The third-order valence-corrected chi connectivity index (χ3v) is 4.16. The Morgan fingerprint density at radius 2 is 2.04 bits per heavy atom. The van der Waals surface area contributed by atoms with Gasteiger partial charge in [0, 0.05) is 22.5 Å². The van der Waals surface area contributed by atoms with Gasteiger partial charge in [-0.15, -0.1) is 0 Å². The zero-order valence-corrected chi connectivity index (χ0v) is 15.0. The van der Waals surface area contributed by atoms with E-state index >= 15 is 0 Å². The molecule has 4 rings (SSSR count). The molecule has 0 fully saturated rings. The first-order valence-corrected chi connectivity index (χ1v) is 8.49. The third-order valence-electron chi connectivity index (χ3n) is 3.93. The van der Waals surface area contributed by atoms with Crippen LogP contribution in [0.4, 0.5) is 5.69 Å². The van der Waals surface area contributed by atoms with Crippen LogP contribution in [0.5, 0.6) is 5.88 Å². The fraction of sp³-hybridized carbons (Fsp3) is 0.0500. The summed E-state index contributed by atoms with van der Waals surface area (Å²) in [6, 6.07) is 15.6. The molecule has 7 heteroatoms. The standard InChI is InChI=1S/C20H14ClN3O3/c1-26-19-15(6-3-9-22-19)20-24-16-10-12(7-8-17(16)27-20)18(25)23-14-5-2-4-13(21)11-14/h2-11H,1H3,(H,23,25). The van der Waals surface area contributed by atoms with Crippen molar-refractivity contribution in [2.45, 2.75) is 0 Å². The summed E-state index contributed by atoms with van der Waals surface area (Å²) in [4.78, 5) is 21.1. The molecule has 2 aromatic heterocycles. The Kier molecular flexibility index (Phi) is 4.48. The lowest BCUT2D eigenvalue weighted by Gasteiger charge is -2.05. The second kappa shape index (κ2) is 7.09. The van der Waals surface area contributed by atoms with Crippen LogP contribution >= 0.6 is 11.6 Å². The van der Waals surface area contributed by atoms with Crippen LogP contribution < -0.4 is 10.1 Å². The lowest BCUT2D eigenvalue weighted by atomic mass is 10.2. The normalized spacial score (nSPS) is 10.7. The number of fused-ring (bicyclic) bond motifs is 1. The number of pyridine rings is 1. The topological polar surface area (TPSA) is 77.2 Å². The van der Waals surface area contributed by atoms with Gasteiger partial charge in [-0.05, 0) is 48.5 Å². The molecule has 1 N–H and O–H groups in total. The number of hydrogen-bond acceptors (Lipinski definition) is 5. The predicted molar refractivity (Wildman–Crippen MR) is 103 cm³/mol. The first kappa shape index (κ1) is 17.1. The van der Waals surface area contributed by atoms with E-state index in [2.05, 4.69) is 15.3 Å². The highest BCUT2D eigenvalue weighted by Gasteiger charge is 2.15. The molecular weight excluding hydrogens is 366 g/mol. The van der Waals surface area contributed by atoms with Crippen molar-refractivity contribution in [2.75, 3.05) is 12.4 Å². The number of carbonyl (C=O) groups is 1. The molecule has 0 aliphatic carbocycles. The molecule has 0 unspecified atom stereocenters. The highest BCUT2D eigenvalue weighted by molar-refractivity contribution is 6.31. The largest absolute Gasteiger partial charge is 0.480 e. The van der Waals surface area contributed by atoms with E-state index in [1.165, 1.54) is 7.11 Å². The van der Waals surface area contributed by atoms with E-state index in [1.54, 1.807) is 54.7 Å². The van der Waals surface area contributed by atoms with Crippen molar-refractivity contribution in [3.05, 3.63) is 71.4 Å². The Morgan fingerprint density at radius 1 is 1.15 bits per heavy atom. The molecule has 134 valence electrons. The van der Waals surface area contributed by atoms with Gasteiger partial charge < -0.3 is 14.5 Å². The van der Waals surface area contributed by atoms with Crippen LogP contribution in [-0.4, -0.2) is 23.0 Å². The Bertz CT molecular complexity index is 1140. The molecule has 0 bridgehead atoms. The van der Waals surface area contributed by atoms with E-state index in [0.29, 0.717) is 44.7 Å². The van der Waals surface area contributed by atoms with Crippen LogP contribution in [0.3, 0.4) is 0 Å². The average Bonchev–Trinajstić information content (AvgIpc) is 3.11. The maximum absolute atomic E-state index is 12.5. The van der Waals surface area contributed by atoms with E-state index < -0.39 is 0 Å². The predicted octanol–water partition coefficient (Wildman–Crippen LogP) is 4.80. The number of anilines is 1. The minimum absolute atomic E-state index is 0.261. The Hall–Kier alpha value is -3.38. The van der Waals surface area contributed by atoms with Gasteiger partial charge in [0.1, 0.15) is 5.52 Å². The Morgan fingerprint density at radius 3 is 2.85 bits per heavy atom. The summed E-state index contributed by atoms with van der Waals surface area (Å²) in [6.45, 7) is 0. The van der Waals surface area contributed by atoms with Gasteiger partial charge in [-0.25, -0.2) is 9.97 Å². The minimum atomic E-state index is -0.261. The molecule has 0 atom stereocenters. The fourth-order valence-electron chi connectivity index (χ4n) is 2.67. The molecule has 27 heavy (non-hydrogen) atoms. The van der Waals surface area contributed by atoms with E-state index in [-0.39, 0.29) is 5.91 Å². The summed E-state index contributed by atoms with van der Waals surface area (Å²) >= 11 is 5.95. The van der Waals surface area contributed by atoms with Gasteiger partial charge in [0.2, 0.25) is 11.8 Å². The molecule has 6 nitrogen and oxygen atoms in total. The molecule has 0 spiro atoms. The van der Waals surface area contributed by atoms with Crippen molar-refractivity contribution >= 4 is 34.3 Å². The highest BCUT2D eigenvalue weighted by Crippen LogP contribution is 2.30. The number of aromatic nitrogens is 2. The van der Waals surface area contributed by atoms with Crippen LogP contribution in [0.25, 0.3) is 22.6 Å². The number of methoxy groups -OCH3 is 1. The molecule has 0 saturated heterocycles. The molecule has 0 saturated carbocycles. The number of ether oxygens (including phenoxy) is 1. The quantitative estimate of drug-likeness (QED) is 0.551. The molecule has 0 radical (unpaired) electrons. The molecule has 2 aromatic carbocycles. The molecular formula is C20H14ClN3O3. The van der Waals surface area contributed by atoms with Gasteiger partial charge >= 0.3 is 0 Å². The maximum Gasteiger partial charge on any atom is 0.255 e. The summed E-state index contributed by atoms with van der Waals surface area (Å²) in [6.07, 6.45) is 1.63. The number of carbonyl (C=O) groups excluding carboxylic acids is 1. The summed E-state index contributed by atoms with van der Waals surface area (Å²) in [5, 5.41) is 3.36. The van der Waals surface area contributed by atoms with Gasteiger partial charge in [-0.2, -0.15) is 0 Å². The summed E-state index contributed by atoms with van der Waals surface area (Å²) in [5.74, 6) is 0.535. The van der Waals surface area contributed by atoms with Crippen molar-refractivity contribution in [2.24, 2.45) is 0 Å².